The van der Waals surface area contributed by atoms with Crippen molar-refractivity contribution >= 4 is 55.0 Å². The standard InChI is InChI=1S/C19H20N4O2S2/c1-12-5-2-7-14-16(12)21-18(27-14)22-17(24)13-6-3-9-23(11-13)19(25)20-15-8-4-10-26-15/h2,4-5,7-8,10,13H,3,6,9,11H2,1H3,(H,20,25)(H,21,22,24). The molecule has 1 fully saturated rings. The summed E-state index contributed by atoms with van der Waals surface area (Å²) in [7, 11) is 0. The predicted octanol–water partition coefficient (Wildman–Crippen LogP) is 4.55. The molecule has 0 aliphatic carbocycles. The molecule has 0 bridgehead atoms. The fourth-order valence-corrected chi connectivity index (χ4v) is 4.81. The van der Waals surface area contributed by atoms with Crippen LogP contribution in [0.5, 0.6) is 0 Å². The summed E-state index contributed by atoms with van der Waals surface area (Å²) < 4.78 is 1.06. The lowest BCUT2D eigenvalue weighted by molar-refractivity contribution is -0.121. The van der Waals surface area contributed by atoms with Crippen molar-refractivity contribution in [2.24, 2.45) is 5.92 Å². The molecule has 6 nitrogen and oxygen atoms in total. The maximum absolute atomic E-state index is 12.7. The van der Waals surface area contributed by atoms with Crippen molar-refractivity contribution in [3.8, 4) is 0 Å². The van der Waals surface area contributed by atoms with E-state index in [1.54, 1.807) is 4.90 Å². The van der Waals surface area contributed by atoms with Crippen LogP contribution in [0.25, 0.3) is 10.2 Å². The number of fused-ring (bicyclic) bond motifs is 1. The first-order valence-electron chi connectivity index (χ1n) is 8.86. The number of hydrogen-bond donors (Lipinski definition) is 2. The maximum Gasteiger partial charge on any atom is 0.322 e. The predicted molar refractivity (Wildman–Crippen MR) is 111 cm³/mol. The van der Waals surface area contributed by atoms with Crippen LogP contribution in [0, 0.1) is 12.8 Å². The first-order chi connectivity index (χ1) is 13.1. The molecule has 1 unspecified atom stereocenters. The third-order valence-corrected chi connectivity index (χ3v) is 6.40. The van der Waals surface area contributed by atoms with Crippen LogP contribution < -0.4 is 10.6 Å². The van der Waals surface area contributed by atoms with Crippen molar-refractivity contribution in [1.29, 1.82) is 0 Å². The number of hydrogen-bond acceptors (Lipinski definition) is 5. The minimum Gasteiger partial charge on any atom is -0.324 e. The Bertz CT molecular complexity index is 967. The highest BCUT2D eigenvalue weighted by molar-refractivity contribution is 7.22. The van der Waals surface area contributed by atoms with Crippen LogP contribution in [-0.2, 0) is 4.79 Å². The Morgan fingerprint density at radius 2 is 2.11 bits per heavy atom. The topological polar surface area (TPSA) is 74.3 Å². The summed E-state index contributed by atoms with van der Waals surface area (Å²) in [6, 6.07) is 9.63. The number of para-hydroxylation sites is 1. The van der Waals surface area contributed by atoms with Gasteiger partial charge in [0.2, 0.25) is 5.91 Å². The summed E-state index contributed by atoms with van der Waals surface area (Å²) in [6.07, 6.45) is 1.59. The van der Waals surface area contributed by atoms with Gasteiger partial charge in [0.05, 0.1) is 21.1 Å². The Balaban J connectivity index is 1.40. The Labute approximate surface area is 165 Å². The number of amides is 3. The number of nitrogens with one attached hydrogen (secondary N) is 2. The Hall–Kier alpha value is -2.45. The van der Waals surface area contributed by atoms with Crippen molar-refractivity contribution in [2.75, 3.05) is 23.7 Å². The molecule has 140 valence electrons. The van der Waals surface area contributed by atoms with Gasteiger partial charge in [-0.05, 0) is 48.9 Å². The van der Waals surface area contributed by atoms with E-state index in [2.05, 4.69) is 15.6 Å². The normalized spacial score (nSPS) is 17.1. The van der Waals surface area contributed by atoms with Gasteiger partial charge < -0.3 is 10.2 Å². The molecule has 8 heteroatoms. The number of nitrogens with zero attached hydrogens (tertiary/aromatic N) is 2. The monoisotopic (exact) mass is 400 g/mol. The molecule has 2 N–H and O–H groups in total. The molecule has 1 saturated heterocycles. The molecule has 3 heterocycles. The number of carbonyl (C=O) groups is 2. The zero-order valence-corrected chi connectivity index (χ0v) is 16.5. The molecule has 0 radical (unpaired) electrons. The van der Waals surface area contributed by atoms with Crippen LogP contribution >= 0.6 is 22.7 Å². The van der Waals surface area contributed by atoms with Gasteiger partial charge in [0.25, 0.3) is 0 Å². The van der Waals surface area contributed by atoms with E-state index in [0.717, 1.165) is 33.6 Å². The zero-order valence-electron chi connectivity index (χ0n) is 14.9. The molecule has 1 aliphatic heterocycles. The highest BCUT2D eigenvalue weighted by Gasteiger charge is 2.29. The van der Waals surface area contributed by atoms with Gasteiger partial charge in [0, 0.05) is 13.1 Å². The number of thiophene rings is 1. The Morgan fingerprint density at radius 1 is 1.22 bits per heavy atom. The molecule has 0 spiro atoms. The fraction of sp³-hybridized carbons (Fsp3) is 0.316. The van der Waals surface area contributed by atoms with E-state index >= 15 is 0 Å². The molecule has 3 aromatic rings. The summed E-state index contributed by atoms with van der Waals surface area (Å²) in [4.78, 5) is 31.4. The SMILES string of the molecule is Cc1cccc2sc(NC(=O)C3CCCN(C(=O)Nc4cccs4)C3)nc12. The van der Waals surface area contributed by atoms with Crippen LogP contribution in [0.1, 0.15) is 18.4 Å². The van der Waals surface area contributed by atoms with Crippen LogP contribution in [0.15, 0.2) is 35.7 Å². The molecule has 3 amide bonds. The lowest BCUT2D eigenvalue weighted by Crippen LogP contribution is -2.45. The molecule has 1 aromatic carbocycles. The maximum atomic E-state index is 12.7. The van der Waals surface area contributed by atoms with Crippen LogP contribution in [-0.4, -0.2) is 34.9 Å². The Morgan fingerprint density at radius 3 is 2.89 bits per heavy atom. The summed E-state index contributed by atoms with van der Waals surface area (Å²) in [5, 5.41) is 9.18. The van der Waals surface area contributed by atoms with E-state index in [0.29, 0.717) is 18.2 Å². The minimum atomic E-state index is -0.221. The van der Waals surface area contributed by atoms with Gasteiger partial charge in [-0.2, -0.15) is 0 Å². The highest BCUT2D eigenvalue weighted by Crippen LogP contribution is 2.29. The second-order valence-electron chi connectivity index (χ2n) is 6.62. The van der Waals surface area contributed by atoms with Gasteiger partial charge in [0.15, 0.2) is 5.13 Å². The van der Waals surface area contributed by atoms with E-state index in [1.807, 2.05) is 42.6 Å². The molecule has 0 saturated carbocycles. The minimum absolute atomic E-state index is 0.0691. The number of thiazole rings is 1. The number of carbonyl (C=O) groups excluding carboxylic acids is 2. The lowest BCUT2D eigenvalue weighted by Gasteiger charge is -2.31. The van der Waals surface area contributed by atoms with Crippen molar-refractivity contribution in [3.63, 3.8) is 0 Å². The van der Waals surface area contributed by atoms with Gasteiger partial charge in [-0.15, -0.1) is 11.3 Å². The summed E-state index contributed by atoms with van der Waals surface area (Å²) in [5.74, 6) is -0.290. The van der Waals surface area contributed by atoms with E-state index in [1.165, 1.54) is 22.7 Å². The third kappa shape index (κ3) is 3.96. The van der Waals surface area contributed by atoms with Crippen molar-refractivity contribution in [1.82, 2.24) is 9.88 Å². The number of likely N-dealkylation sites (tertiary alicyclic amines) is 1. The second-order valence-corrected chi connectivity index (χ2v) is 8.60. The number of rotatable bonds is 3. The average Bonchev–Trinajstić information content (AvgIpc) is 3.32. The Kier molecular flexibility index (Phi) is 5.09. The molecule has 1 aliphatic rings. The van der Waals surface area contributed by atoms with Crippen molar-refractivity contribution in [2.45, 2.75) is 19.8 Å². The quantitative estimate of drug-likeness (QED) is 0.677. The zero-order chi connectivity index (χ0) is 18.8. The van der Waals surface area contributed by atoms with E-state index < -0.39 is 0 Å². The van der Waals surface area contributed by atoms with Crippen LogP contribution in [0.2, 0.25) is 0 Å². The smallest absolute Gasteiger partial charge is 0.322 e. The van der Waals surface area contributed by atoms with Gasteiger partial charge in [-0.3, -0.25) is 10.1 Å². The highest BCUT2D eigenvalue weighted by atomic mass is 32.1. The average molecular weight is 401 g/mol. The number of urea groups is 1. The molecule has 1 atom stereocenters. The van der Waals surface area contributed by atoms with Gasteiger partial charge in [0.1, 0.15) is 0 Å². The van der Waals surface area contributed by atoms with Gasteiger partial charge in [-0.25, -0.2) is 9.78 Å². The number of aromatic nitrogens is 1. The second kappa shape index (κ2) is 7.66. The summed E-state index contributed by atoms with van der Waals surface area (Å²) in [5.41, 5.74) is 2.02. The number of aryl methyl sites for hydroxylation is 1. The van der Waals surface area contributed by atoms with Gasteiger partial charge >= 0.3 is 6.03 Å². The van der Waals surface area contributed by atoms with E-state index in [4.69, 9.17) is 0 Å². The molecular weight excluding hydrogens is 380 g/mol. The van der Waals surface area contributed by atoms with Crippen LogP contribution in [0.4, 0.5) is 14.9 Å². The first-order valence-corrected chi connectivity index (χ1v) is 10.6. The summed E-state index contributed by atoms with van der Waals surface area (Å²) in [6.45, 7) is 3.10. The largest absolute Gasteiger partial charge is 0.324 e. The third-order valence-electron chi connectivity index (χ3n) is 4.68. The van der Waals surface area contributed by atoms with Gasteiger partial charge in [-0.1, -0.05) is 23.5 Å². The fourth-order valence-electron chi connectivity index (χ4n) is 3.26. The van der Waals surface area contributed by atoms with E-state index in [9.17, 15) is 9.59 Å². The van der Waals surface area contributed by atoms with Crippen molar-refractivity contribution in [3.05, 3.63) is 41.3 Å². The molecule has 27 heavy (non-hydrogen) atoms. The summed E-state index contributed by atoms with van der Waals surface area (Å²) >= 11 is 2.96. The number of benzene rings is 1. The number of piperidine rings is 1. The van der Waals surface area contributed by atoms with Crippen LogP contribution in [0.3, 0.4) is 0 Å². The number of anilines is 2. The molecule has 4 rings (SSSR count). The van der Waals surface area contributed by atoms with Crippen molar-refractivity contribution < 1.29 is 9.59 Å². The van der Waals surface area contributed by atoms with E-state index in [-0.39, 0.29) is 17.9 Å². The molecule has 2 aromatic heterocycles. The first kappa shape index (κ1) is 17.9. The lowest BCUT2D eigenvalue weighted by atomic mass is 9.97. The molecular formula is C19H20N4O2S2.